The number of rotatable bonds is 3. The van der Waals surface area contributed by atoms with Crippen LogP contribution in [-0.2, 0) is 0 Å². The van der Waals surface area contributed by atoms with Gasteiger partial charge >= 0.3 is 0 Å². The first-order valence-electron chi connectivity index (χ1n) is 6.98. The van der Waals surface area contributed by atoms with Crippen LogP contribution in [-0.4, -0.2) is 24.0 Å². The average Bonchev–Trinajstić information content (AvgIpc) is 2.46. The average molecular weight is 242 g/mol. The number of piperidine rings is 1. The van der Waals surface area contributed by atoms with Crippen molar-refractivity contribution in [3.63, 3.8) is 0 Å². The summed E-state index contributed by atoms with van der Waals surface area (Å²) >= 11 is 0. The Labute approximate surface area is 110 Å². The van der Waals surface area contributed by atoms with E-state index in [1.54, 1.807) is 0 Å². The van der Waals surface area contributed by atoms with Gasteiger partial charge in [0.1, 0.15) is 0 Å². The highest BCUT2D eigenvalue weighted by molar-refractivity contribution is 5.34. The molecule has 0 amide bonds. The van der Waals surface area contributed by atoms with Crippen molar-refractivity contribution in [2.24, 2.45) is 0 Å². The van der Waals surface area contributed by atoms with Crippen molar-refractivity contribution in [3.8, 4) is 6.07 Å². The quantitative estimate of drug-likeness (QED) is 0.810. The number of likely N-dealkylation sites (tertiary alicyclic amines) is 1. The van der Waals surface area contributed by atoms with Gasteiger partial charge in [-0.2, -0.15) is 5.26 Å². The van der Waals surface area contributed by atoms with Crippen LogP contribution in [0.25, 0.3) is 0 Å². The minimum atomic E-state index is 0.598. The maximum absolute atomic E-state index is 8.98. The number of benzene rings is 1. The van der Waals surface area contributed by atoms with E-state index in [4.69, 9.17) is 5.26 Å². The molecule has 2 atom stereocenters. The van der Waals surface area contributed by atoms with Crippen LogP contribution in [0.1, 0.15) is 50.2 Å². The molecule has 1 aromatic rings. The third-order valence-electron chi connectivity index (χ3n) is 4.15. The smallest absolute Gasteiger partial charge is 0.0991 e. The molecule has 2 nitrogen and oxygen atoms in total. The lowest BCUT2D eigenvalue weighted by Crippen LogP contribution is -2.40. The first kappa shape index (κ1) is 13.1. The van der Waals surface area contributed by atoms with E-state index in [2.05, 4.69) is 36.9 Å². The van der Waals surface area contributed by atoms with Crippen molar-refractivity contribution in [1.29, 1.82) is 5.26 Å². The van der Waals surface area contributed by atoms with E-state index in [1.807, 2.05) is 12.1 Å². The van der Waals surface area contributed by atoms with Gasteiger partial charge < -0.3 is 4.90 Å². The highest BCUT2D eigenvalue weighted by atomic mass is 15.2. The molecule has 1 fully saturated rings. The van der Waals surface area contributed by atoms with Gasteiger partial charge in [-0.25, -0.2) is 0 Å². The second-order valence-electron chi connectivity index (χ2n) is 5.33. The molecule has 0 spiro atoms. The van der Waals surface area contributed by atoms with Gasteiger partial charge in [0.15, 0.2) is 0 Å². The third kappa shape index (κ3) is 2.91. The fourth-order valence-corrected chi connectivity index (χ4v) is 2.80. The van der Waals surface area contributed by atoms with Crippen molar-refractivity contribution in [1.82, 2.24) is 4.90 Å². The Morgan fingerprint density at radius 3 is 3.06 bits per heavy atom. The Morgan fingerprint density at radius 2 is 2.33 bits per heavy atom. The standard InChI is InChI=1S/C16H22N2/c1-3-13(2)18-9-5-8-16(12-18)15-7-4-6-14(10-15)11-17/h4,6-7,10,13,16H,3,5,8-9,12H2,1-2H3/t13-,16?/m0/s1. The van der Waals surface area contributed by atoms with E-state index < -0.39 is 0 Å². The molecule has 2 heteroatoms. The molecule has 0 radical (unpaired) electrons. The molecule has 0 bridgehead atoms. The minimum Gasteiger partial charge on any atom is -0.300 e. The molecule has 2 rings (SSSR count). The van der Waals surface area contributed by atoms with E-state index in [-0.39, 0.29) is 0 Å². The summed E-state index contributed by atoms with van der Waals surface area (Å²) < 4.78 is 0. The van der Waals surface area contributed by atoms with Gasteiger partial charge in [0.05, 0.1) is 11.6 Å². The predicted octanol–water partition coefficient (Wildman–Crippen LogP) is 3.54. The van der Waals surface area contributed by atoms with E-state index in [0.29, 0.717) is 12.0 Å². The SMILES string of the molecule is CC[C@H](C)N1CCCC(c2cccc(C#N)c2)C1. The fourth-order valence-electron chi connectivity index (χ4n) is 2.80. The van der Waals surface area contributed by atoms with E-state index in [0.717, 1.165) is 12.1 Å². The number of nitrogens with zero attached hydrogens (tertiary/aromatic N) is 2. The predicted molar refractivity (Wildman–Crippen MR) is 74.5 cm³/mol. The summed E-state index contributed by atoms with van der Waals surface area (Å²) in [6.07, 6.45) is 3.73. The molecule has 0 aliphatic carbocycles. The van der Waals surface area contributed by atoms with Gasteiger partial charge in [-0.1, -0.05) is 19.1 Å². The molecule has 1 aliphatic rings. The Balaban J connectivity index is 2.10. The van der Waals surface area contributed by atoms with E-state index >= 15 is 0 Å². The Hall–Kier alpha value is -1.33. The molecule has 1 saturated heterocycles. The van der Waals surface area contributed by atoms with Crippen molar-refractivity contribution < 1.29 is 0 Å². The molecule has 1 heterocycles. The summed E-state index contributed by atoms with van der Waals surface area (Å²) in [6, 6.07) is 11.0. The first-order valence-corrected chi connectivity index (χ1v) is 6.98. The van der Waals surface area contributed by atoms with Crippen molar-refractivity contribution >= 4 is 0 Å². The summed E-state index contributed by atoms with van der Waals surface area (Å²) in [5.74, 6) is 0.598. The Kier molecular flexibility index (Phi) is 4.38. The van der Waals surface area contributed by atoms with Gasteiger partial charge in [-0.3, -0.25) is 0 Å². The fraction of sp³-hybridized carbons (Fsp3) is 0.562. The minimum absolute atomic E-state index is 0.598. The van der Waals surface area contributed by atoms with Crippen LogP contribution >= 0.6 is 0 Å². The van der Waals surface area contributed by atoms with Crippen LogP contribution in [0.15, 0.2) is 24.3 Å². The lowest BCUT2D eigenvalue weighted by Gasteiger charge is -2.36. The van der Waals surface area contributed by atoms with Gasteiger partial charge in [-0.15, -0.1) is 0 Å². The zero-order chi connectivity index (χ0) is 13.0. The molecule has 1 unspecified atom stereocenters. The highest BCUT2D eigenvalue weighted by Crippen LogP contribution is 2.28. The molecular formula is C16H22N2. The first-order chi connectivity index (χ1) is 8.74. The molecule has 1 aromatic carbocycles. The van der Waals surface area contributed by atoms with Gasteiger partial charge in [0, 0.05) is 12.6 Å². The Bertz CT molecular complexity index is 433. The number of hydrogen-bond acceptors (Lipinski definition) is 2. The summed E-state index contributed by atoms with van der Waals surface area (Å²) in [6.45, 7) is 6.94. The molecule has 1 aliphatic heterocycles. The van der Waals surface area contributed by atoms with Crippen LogP contribution < -0.4 is 0 Å². The van der Waals surface area contributed by atoms with Gasteiger partial charge in [-0.05, 0) is 56.3 Å². The largest absolute Gasteiger partial charge is 0.300 e. The lowest BCUT2D eigenvalue weighted by atomic mass is 9.89. The highest BCUT2D eigenvalue weighted by Gasteiger charge is 2.23. The second kappa shape index (κ2) is 6.02. The van der Waals surface area contributed by atoms with Gasteiger partial charge in [0.25, 0.3) is 0 Å². The van der Waals surface area contributed by atoms with E-state index in [9.17, 15) is 0 Å². The molecule has 0 N–H and O–H groups in total. The molecule has 18 heavy (non-hydrogen) atoms. The lowest BCUT2D eigenvalue weighted by molar-refractivity contribution is 0.154. The third-order valence-corrected chi connectivity index (χ3v) is 4.15. The maximum Gasteiger partial charge on any atom is 0.0991 e. The van der Waals surface area contributed by atoms with E-state index in [1.165, 1.54) is 31.4 Å². The zero-order valence-corrected chi connectivity index (χ0v) is 11.4. The molecule has 0 aromatic heterocycles. The number of nitriles is 1. The molecule has 96 valence electrons. The van der Waals surface area contributed by atoms with Crippen LogP contribution in [0.4, 0.5) is 0 Å². The van der Waals surface area contributed by atoms with Crippen molar-refractivity contribution in [2.45, 2.75) is 45.1 Å². The molecule has 0 saturated carbocycles. The maximum atomic E-state index is 8.98. The summed E-state index contributed by atoms with van der Waals surface area (Å²) in [5, 5.41) is 8.98. The van der Waals surface area contributed by atoms with Crippen molar-refractivity contribution in [3.05, 3.63) is 35.4 Å². The summed E-state index contributed by atoms with van der Waals surface area (Å²) in [7, 11) is 0. The van der Waals surface area contributed by atoms with Crippen LogP contribution in [0.2, 0.25) is 0 Å². The topological polar surface area (TPSA) is 27.0 Å². The second-order valence-corrected chi connectivity index (χ2v) is 5.33. The summed E-state index contributed by atoms with van der Waals surface area (Å²) in [5.41, 5.74) is 2.12. The van der Waals surface area contributed by atoms with Crippen LogP contribution in [0.5, 0.6) is 0 Å². The van der Waals surface area contributed by atoms with Crippen LogP contribution in [0.3, 0.4) is 0 Å². The van der Waals surface area contributed by atoms with Gasteiger partial charge in [0.2, 0.25) is 0 Å². The molecular weight excluding hydrogens is 220 g/mol. The van der Waals surface area contributed by atoms with Crippen LogP contribution in [0, 0.1) is 11.3 Å². The summed E-state index contributed by atoms with van der Waals surface area (Å²) in [4.78, 5) is 2.59. The Morgan fingerprint density at radius 1 is 1.50 bits per heavy atom. The number of hydrogen-bond donors (Lipinski definition) is 0. The zero-order valence-electron chi connectivity index (χ0n) is 11.4. The normalized spacial score (nSPS) is 22.4. The van der Waals surface area contributed by atoms with Crippen molar-refractivity contribution in [2.75, 3.05) is 13.1 Å². The monoisotopic (exact) mass is 242 g/mol.